The molecule has 0 saturated heterocycles. The Morgan fingerprint density at radius 1 is 1.11 bits per heavy atom. The Bertz CT molecular complexity index is 283. The molecule has 0 radical (unpaired) electrons. The van der Waals surface area contributed by atoms with Crippen molar-refractivity contribution in [2.45, 2.75) is 85.2 Å². The lowest BCUT2D eigenvalue weighted by atomic mass is 9.47. The van der Waals surface area contributed by atoms with Gasteiger partial charge in [0.2, 0.25) is 0 Å². The molecule has 2 aliphatic rings. The van der Waals surface area contributed by atoms with Gasteiger partial charge in [-0.25, -0.2) is 0 Å². The molecule has 0 aliphatic heterocycles. The molecule has 0 amide bonds. The summed E-state index contributed by atoms with van der Waals surface area (Å²) in [4.78, 5) is 0. The average Bonchev–Trinajstić information content (AvgIpc) is 2.27. The predicted molar refractivity (Wildman–Crippen MR) is 77.5 cm³/mol. The maximum absolute atomic E-state index is 10.5. The normalized spacial score (nSPS) is 43.5. The molecule has 0 aromatic heterocycles. The van der Waals surface area contributed by atoms with Crippen LogP contribution >= 0.6 is 0 Å². The zero-order chi connectivity index (χ0) is 13.4. The van der Waals surface area contributed by atoms with E-state index < -0.39 is 0 Å². The van der Waals surface area contributed by atoms with Crippen molar-refractivity contribution in [3.63, 3.8) is 0 Å². The van der Waals surface area contributed by atoms with E-state index in [1.807, 2.05) is 0 Å². The third-order valence-electron chi connectivity index (χ3n) is 6.21. The van der Waals surface area contributed by atoms with Gasteiger partial charge in [-0.2, -0.15) is 0 Å². The van der Waals surface area contributed by atoms with Gasteiger partial charge in [-0.05, 0) is 54.8 Å². The minimum absolute atomic E-state index is 0.0355. The minimum atomic E-state index is -0.0355. The monoisotopic (exact) mass is 252 g/mol. The highest BCUT2D eigenvalue weighted by atomic mass is 16.3. The Kier molecular flexibility index (Phi) is 4.11. The number of hydrogen-bond acceptors (Lipinski definition) is 1. The molecule has 0 spiro atoms. The van der Waals surface area contributed by atoms with E-state index in [-0.39, 0.29) is 6.10 Å². The number of fused-ring (bicyclic) bond motifs is 1. The van der Waals surface area contributed by atoms with Crippen LogP contribution in [0.2, 0.25) is 0 Å². The van der Waals surface area contributed by atoms with Gasteiger partial charge in [0.25, 0.3) is 0 Å². The summed E-state index contributed by atoms with van der Waals surface area (Å²) >= 11 is 0. The van der Waals surface area contributed by atoms with E-state index in [4.69, 9.17) is 0 Å². The summed E-state index contributed by atoms with van der Waals surface area (Å²) in [5.74, 6) is 1.37. The smallest absolute Gasteiger partial charge is 0.0573 e. The molecule has 1 nitrogen and oxygen atoms in total. The van der Waals surface area contributed by atoms with Gasteiger partial charge in [0.15, 0.2) is 0 Å². The van der Waals surface area contributed by atoms with E-state index in [1.54, 1.807) is 0 Å². The zero-order valence-corrected chi connectivity index (χ0v) is 12.8. The average molecular weight is 252 g/mol. The highest BCUT2D eigenvalue weighted by Gasteiger charge is 2.53. The third-order valence-corrected chi connectivity index (χ3v) is 6.21. The van der Waals surface area contributed by atoms with Gasteiger partial charge in [0.1, 0.15) is 0 Å². The molecule has 0 aromatic rings. The molecule has 0 heterocycles. The van der Waals surface area contributed by atoms with Gasteiger partial charge in [-0.3, -0.25) is 0 Å². The number of hydrogen-bond donors (Lipinski definition) is 1. The first-order chi connectivity index (χ1) is 8.42. The van der Waals surface area contributed by atoms with E-state index >= 15 is 0 Å². The Morgan fingerprint density at radius 2 is 1.83 bits per heavy atom. The minimum Gasteiger partial charge on any atom is -0.393 e. The fourth-order valence-corrected chi connectivity index (χ4v) is 5.25. The van der Waals surface area contributed by atoms with Gasteiger partial charge >= 0.3 is 0 Å². The molecule has 2 fully saturated rings. The molecule has 0 bridgehead atoms. The lowest BCUT2D eigenvalue weighted by molar-refractivity contribution is -0.125. The van der Waals surface area contributed by atoms with Crippen LogP contribution in [0.5, 0.6) is 0 Å². The fourth-order valence-electron chi connectivity index (χ4n) is 5.25. The van der Waals surface area contributed by atoms with Crippen molar-refractivity contribution >= 4 is 0 Å². The highest BCUT2D eigenvalue weighted by molar-refractivity contribution is 5.03. The molecule has 1 heteroatoms. The Morgan fingerprint density at radius 3 is 2.50 bits per heavy atom. The molecule has 2 aliphatic carbocycles. The van der Waals surface area contributed by atoms with Gasteiger partial charge in [0, 0.05) is 0 Å². The molecular weight excluding hydrogens is 220 g/mol. The van der Waals surface area contributed by atoms with Crippen molar-refractivity contribution in [3.8, 4) is 0 Å². The molecular formula is C17H32O. The van der Waals surface area contributed by atoms with E-state index in [1.165, 1.54) is 44.9 Å². The topological polar surface area (TPSA) is 20.2 Å². The van der Waals surface area contributed by atoms with E-state index in [2.05, 4.69) is 27.7 Å². The Hall–Kier alpha value is -0.0400. The van der Waals surface area contributed by atoms with E-state index in [0.717, 1.165) is 12.3 Å². The second-order valence-electron chi connectivity index (χ2n) is 7.79. The Labute approximate surface area is 113 Å². The first-order valence-corrected chi connectivity index (χ1v) is 8.10. The molecule has 4 unspecified atom stereocenters. The summed E-state index contributed by atoms with van der Waals surface area (Å²) in [7, 11) is 0. The fraction of sp³-hybridized carbons (Fsp3) is 1.00. The van der Waals surface area contributed by atoms with E-state index in [9.17, 15) is 5.11 Å². The maximum Gasteiger partial charge on any atom is 0.0573 e. The van der Waals surface area contributed by atoms with Gasteiger partial charge < -0.3 is 5.11 Å². The predicted octanol–water partition coefficient (Wildman–Crippen LogP) is 4.78. The van der Waals surface area contributed by atoms with Crippen LogP contribution in [0.25, 0.3) is 0 Å². The van der Waals surface area contributed by atoms with Gasteiger partial charge in [-0.15, -0.1) is 0 Å². The van der Waals surface area contributed by atoms with Crippen molar-refractivity contribution in [2.24, 2.45) is 22.7 Å². The largest absolute Gasteiger partial charge is 0.393 e. The standard InChI is InChI=1S/C17H32O/c1-5-6-8-13-14(18)9-10-15-16(2,3)11-7-12-17(13,15)4/h13-15,18H,5-12H2,1-4H3. The second kappa shape index (κ2) is 5.15. The summed E-state index contributed by atoms with van der Waals surface area (Å²) in [6.07, 6.45) is 10.1. The van der Waals surface area contributed by atoms with Crippen LogP contribution in [0, 0.1) is 22.7 Å². The molecule has 4 atom stereocenters. The zero-order valence-electron chi connectivity index (χ0n) is 12.8. The first kappa shape index (κ1) is 14.4. The number of aliphatic hydroxyl groups excluding tert-OH is 1. The van der Waals surface area contributed by atoms with Gasteiger partial charge in [-0.1, -0.05) is 47.0 Å². The Balaban J connectivity index is 2.22. The molecule has 1 N–H and O–H groups in total. The van der Waals surface area contributed by atoms with Crippen LogP contribution in [0.3, 0.4) is 0 Å². The van der Waals surface area contributed by atoms with Crippen molar-refractivity contribution in [3.05, 3.63) is 0 Å². The van der Waals surface area contributed by atoms with Crippen LogP contribution in [-0.4, -0.2) is 11.2 Å². The van der Waals surface area contributed by atoms with Crippen molar-refractivity contribution in [1.29, 1.82) is 0 Å². The summed E-state index contributed by atoms with van der Waals surface area (Å²) in [6.45, 7) is 9.68. The number of rotatable bonds is 3. The molecule has 0 aromatic carbocycles. The van der Waals surface area contributed by atoms with Crippen molar-refractivity contribution < 1.29 is 5.11 Å². The van der Waals surface area contributed by atoms with E-state index in [0.29, 0.717) is 16.7 Å². The van der Waals surface area contributed by atoms with Crippen LogP contribution in [0.1, 0.15) is 79.1 Å². The van der Waals surface area contributed by atoms with Crippen LogP contribution < -0.4 is 0 Å². The summed E-state index contributed by atoms with van der Waals surface area (Å²) in [5.41, 5.74) is 0.881. The maximum atomic E-state index is 10.5. The highest BCUT2D eigenvalue weighted by Crippen LogP contribution is 2.60. The number of unbranched alkanes of at least 4 members (excludes halogenated alkanes) is 1. The van der Waals surface area contributed by atoms with Crippen LogP contribution in [0.15, 0.2) is 0 Å². The number of aliphatic hydroxyl groups is 1. The quantitative estimate of drug-likeness (QED) is 0.766. The van der Waals surface area contributed by atoms with Crippen LogP contribution in [-0.2, 0) is 0 Å². The second-order valence-corrected chi connectivity index (χ2v) is 7.79. The van der Waals surface area contributed by atoms with Crippen molar-refractivity contribution in [1.82, 2.24) is 0 Å². The van der Waals surface area contributed by atoms with Gasteiger partial charge in [0.05, 0.1) is 6.10 Å². The van der Waals surface area contributed by atoms with Crippen LogP contribution in [0.4, 0.5) is 0 Å². The lowest BCUT2D eigenvalue weighted by Crippen LogP contribution is -2.53. The summed E-state index contributed by atoms with van der Waals surface area (Å²) in [6, 6.07) is 0. The van der Waals surface area contributed by atoms with Crippen molar-refractivity contribution in [2.75, 3.05) is 0 Å². The first-order valence-electron chi connectivity index (χ1n) is 8.10. The molecule has 2 rings (SSSR count). The summed E-state index contributed by atoms with van der Waals surface area (Å²) < 4.78 is 0. The lowest BCUT2D eigenvalue weighted by Gasteiger charge is -2.58. The SMILES string of the molecule is CCCCC1C(O)CCC2C(C)(C)CCCC12C. The third kappa shape index (κ3) is 2.35. The molecule has 106 valence electrons. The molecule has 2 saturated carbocycles. The summed E-state index contributed by atoms with van der Waals surface area (Å²) in [5, 5.41) is 10.5. The molecule has 18 heavy (non-hydrogen) atoms.